The molecule has 1 fully saturated rings. The highest BCUT2D eigenvalue weighted by molar-refractivity contribution is 6.31. The van der Waals surface area contributed by atoms with Crippen LogP contribution in [-0.2, 0) is 13.0 Å². The van der Waals surface area contributed by atoms with Crippen LogP contribution >= 0.6 is 23.2 Å². The van der Waals surface area contributed by atoms with Gasteiger partial charge in [0.25, 0.3) is 0 Å². The van der Waals surface area contributed by atoms with E-state index in [0.717, 1.165) is 34.8 Å². The highest BCUT2D eigenvalue weighted by Crippen LogP contribution is 2.69. The summed E-state index contributed by atoms with van der Waals surface area (Å²) in [6, 6.07) is 5.95. The number of nitrogens with zero attached hydrogens (tertiary/aromatic N) is 2. The van der Waals surface area contributed by atoms with Crippen LogP contribution in [0.2, 0.25) is 5.02 Å². The first-order valence-corrected chi connectivity index (χ1v) is 8.41. The molecule has 0 amide bonds. The Hall–Kier alpha value is -0.730. The van der Waals surface area contributed by atoms with Gasteiger partial charge in [0.2, 0.25) is 0 Å². The molecule has 0 unspecified atom stereocenters. The highest BCUT2D eigenvalue weighted by atomic mass is 35.5. The van der Waals surface area contributed by atoms with Gasteiger partial charge < -0.3 is 4.57 Å². The number of aryl methyl sites for hydroxylation is 1. The van der Waals surface area contributed by atoms with E-state index in [2.05, 4.69) is 38.3 Å². The first-order valence-electron chi connectivity index (χ1n) is 7.49. The van der Waals surface area contributed by atoms with Gasteiger partial charge in [-0.2, -0.15) is 0 Å². The molecule has 21 heavy (non-hydrogen) atoms. The standard InChI is InChI=1S/C17H22Cl2N2/c1-16(2)14(17(16,3)4)10-21-13-6-5-11(19)9-12(13)20-15(21)7-8-18/h5-6,9,14H,7-8,10H2,1-4H3. The minimum Gasteiger partial charge on any atom is -0.328 e. The fraction of sp³-hybridized carbons (Fsp3) is 0.588. The zero-order valence-electron chi connectivity index (χ0n) is 13.1. The summed E-state index contributed by atoms with van der Waals surface area (Å²) in [6.45, 7) is 10.4. The number of hydrogen-bond donors (Lipinski definition) is 0. The number of alkyl halides is 1. The molecular formula is C17H22Cl2N2. The van der Waals surface area contributed by atoms with Crippen molar-refractivity contribution in [3.63, 3.8) is 0 Å². The summed E-state index contributed by atoms with van der Waals surface area (Å²) in [6.07, 6.45) is 0.793. The Morgan fingerprint density at radius 3 is 2.43 bits per heavy atom. The van der Waals surface area contributed by atoms with E-state index in [9.17, 15) is 0 Å². The van der Waals surface area contributed by atoms with E-state index in [1.165, 1.54) is 0 Å². The van der Waals surface area contributed by atoms with Crippen molar-refractivity contribution in [2.75, 3.05) is 5.88 Å². The second kappa shape index (κ2) is 4.89. The fourth-order valence-corrected chi connectivity index (χ4v) is 3.94. The van der Waals surface area contributed by atoms with E-state index < -0.39 is 0 Å². The third-order valence-corrected chi connectivity index (χ3v) is 6.22. The summed E-state index contributed by atoms with van der Waals surface area (Å²) in [5, 5.41) is 0.733. The van der Waals surface area contributed by atoms with E-state index in [4.69, 9.17) is 28.2 Å². The van der Waals surface area contributed by atoms with Crippen molar-refractivity contribution < 1.29 is 0 Å². The SMILES string of the molecule is CC1(C)C(Cn2c(CCCl)nc3cc(Cl)ccc32)C1(C)C. The summed E-state index contributed by atoms with van der Waals surface area (Å²) in [5.41, 5.74) is 2.87. The van der Waals surface area contributed by atoms with E-state index >= 15 is 0 Å². The fourth-order valence-electron chi connectivity index (χ4n) is 3.60. The van der Waals surface area contributed by atoms with Crippen LogP contribution in [0.15, 0.2) is 18.2 Å². The van der Waals surface area contributed by atoms with Gasteiger partial charge in [-0.25, -0.2) is 4.98 Å². The highest BCUT2D eigenvalue weighted by Gasteiger charge is 2.64. The maximum atomic E-state index is 6.09. The topological polar surface area (TPSA) is 17.8 Å². The lowest BCUT2D eigenvalue weighted by molar-refractivity contribution is 0.457. The third kappa shape index (κ3) is 2.27. The molecule has 1 aliphatic rings. The number of benzene rings is 1. The van der Waals surface area contributed by atoms with Gasteiger partial charge in [-0.05, 0) is 34.9 Å². The van der Waals surface area contributed by atoms with Crippen molar-refractivity contribution in [2.24, 2.45) is 16.7 Å². The Kier molecular flexibility index (Phi) is 3.53. The Balaban J connectivity index is 2.02. The van der Waals surface area contributed by atoms with Gasteiger partial charge in [0.15, 0.2) is 0 Å². The second-order valence-corrected chi connectivity index (χ2v) is 8.02. The van der Waals surface area contributed by atoms with Gasteiger partial charge in [-0.15, -0.1) is 11.6 Å². The van der Waals surface area contributed by atoms with Crippen molar-refractivity contribution in [1.29, 1.82) is 0 Å². The molecule has 4 heteroatoms. The van der Waals surface area contributed by atoms with Gasteiger partial charge >= 0.3 is 0 Å². The summed E-state index contributed by atoms with van der Waals surface area (Å²) < 4.78 is 2.34. The van der Waals surface area contributed by atoms with Crippen LogP contribution in [0, 0.1) is 16.7 Å². The zero-order valence-corrected chi connectivity index (χ0v) is 14.6. The predicted octanol–water partition coefficient (Wildman–Crippen LogP) is 5.15. The van der Waals surface area contributed by atoms with Crippen LogP contribution < -0.4 is 0 Å². The molecule has 1 saturated carbocycles. The Bertz CT molecular complexity index is 671. The van der Waals surface area contributed by atoms with Crippen molar-refractivity contribution in [3.05, 3.63) is 29.0 Å². The van der Waals surface area contributed by atoms with Crippen molar-refractivity contribution in [2.45, 2.75) is 40.7 Å². The average Bonchev–Trinajstić information content (AvgIpc) is 2.68. The van der Waals surface area contributed by atoms with Gasteiger partial charge in [0.05, 0.1) is 11.0 Å². The largest absolute Gasteiger partial charge is 0.328 e. The summed E-state index contributed by atoms with van der Waals surface area (Å²) >= 11 is 12.0. The monoisotopic (exact) mass is 324 g/mol. The Labute approximate surface area is 136 Å². The van der Waals surface area contributed by atoms with Crippen molar-refractivity contribution in [3.8, 4) is 0 Å². The number of rotatable bonds is 4. The summed E-state index contributed by atoms with van der Waals surface area (Å²) in [7, 11) is 0. The molecule has 0 spiro atoms. The minimum absolute atomic E-state index is 0.369. The first kappa shape index (κ1) is 15.2. The molecule has 1 aromatic carbocycles. The number of halogens is 2. The molecular weight excluding hydrogens is 303 g/mol. The molecule has 114 valence electrons. The smallest absolute Gasteiger partial charge is 0.111 e. The average molecular weight is 325 g/mol. The third-order valence-electron chi connectivity index (χ3n) is 5.79. The maximum absolute atomic E-state index is 6.09. The molecule has 0 aliphatic heterocycles. The number of fused-ring (bicyclic) bond motifs is 1. The predicted molar refractivity (Wildman–Crippen MR) is 90.2 cm³/mol. The lowest BCUT2D eigenvalue weighted by Gasteiger charge is -2.10. The molecule has 1 aromatic heterocycles. The van der Waals surface area contributed by atoms with E-state index in [-0.39, 0.29) is 0 Å². The van der Waals surface area contributed by atoms with Crippen molar-refractivity contribution in [1.82, 2.24) is 9.55 Å². The molecule has 1 heterocycles. The van der Waals surface area contributed by atoms with Crippen LogP contribution in [0.25, 0.3) is 11.0 Å². The van der Waals surface area contributed by atoms with Crippen LogP contribution in [0.4, 0.5) is 0 Å². The van der Waals surface area contributed by atoms with E-state index in [1.807, 2.05) is 12.1 Å². The van der Waals surface area contributed by atoms with Gasteiger partial charge in [-0.3, -0.25) is 0 Å². The molecule has 2 nitrogen and oxygen atoms in total. The van der Waals surface area contributed by atoms with Crippen molar-refractivity contribution >= 4 is 34.2 Å². The van der Waals surface area contributed by atoms with Crippen LogP contribution in [0.1, 0.15) is 33.5 Å². The zero-order chi connectivity index (χ0) is 15.4. The summed E-state index contributed by atoms with van der Waals surface area (Å²) in [4.78, 5) is 4.73. The molecule has 0 N–H and O–H groups in total. The Morgan fingerprint density at radius 2 is 1.86 bits per heavy atom. The quantitative estimate of drug-likeness (QED) is 0.711. The molecule has 0 bridgehead atoms. The summed E-state index contributed by atoms with van der Waals surface area (Å²) in [5.74, 6) is 2.32. The molecule has 2 aromatic rings. The normalized spacial score (nSPS) is 20.1. The van der Waals surface area contributed by atoms with Gasteiger partial charge in [0.1, 0.15) is 5.82 Å². The van der Waals surface area contributed by atoms with Crippen LogP contribution in [-0.4, -0.2) is 15.4 Å². The molecule has 0 saturated heterocycles. The Morgan fingerprint density at radius 1 is 1.19 bits per heavy atom. The number of imidazole rings is 1. The lowest BCUT2D eigenvalue weighted by atomic mass is 10.0. The van der Waals surface area contributed by atoms with E-state index in [1.54, 1.807) is 0 Å². The number of hydrogen-bond acceptors (Lipinski definition) is 1. The minimum atomic E-state index is 0.369. The van der Waals surface area contributed by atoms with E-state index in [0.29, 0.717) is 22.6 Å². The molecule has 3 rings (SSSR count). The second-order valence-electron chi connectivity index (χ2n) is 7.21. The maximum Gasteiger partial charge on any atom is 0.111 e. The van der Waals surface area contributed by atoms with Crippen LogP contribution in [0.5, 0.6) is 0 Å². The van der Waals surface area contributed by atoms with Gasteiger partial charge in [-0.1, -0.05) is 39.3 Å². The van der Waals surface area contributed by atoms with Gasteiger partial charge in [0, 0.05) is 23.9 Å². The number of aromatic nitrogens is 2. The molecule has 1 aliphatic carbocycles. The first-order chi connectivity index (χ1) is 9.79. The molecule has 0 radical (unpaired) electrons. The molecule has 0 atom stereocenters. The van der Waals surface area contributed by atoms with Crippen LogP contribution in [0.3, 0.4) is 0 Å². The lowest BCUT2D eigenvalue weighted by Crippen LogP contribution is -2.09.